The topological polar surface area (TPSA) is 22.1 Å². The summed E-state index contributed by atoms with van der Waals surface area (Å²) in [4.78, 5) is 4.24. The number of hydrogen-bond acceptors (Lipinski definition) is 2. The van der Waals surface area contributed by atoms with Gasteiger partial charge in [0, 0.05) is 17.1 Å². The largest absolute Gasteiger partial charge is 0.438 e. The van der Waals surface area contributed by atoms with Crippen LogP contribution in [0.3, 0.4) is 0 Å². The molecule has 0 N–H and O–H groups in total. The summed E-state index contributed by atoms with van der Waals surface area (Å²) in [5.41, 5.74) is 0.886. The van der Waals surface area contributed by atoms with Crippen molar-refractivity contribution in [3.63, 3.8) is 0 Å². The van der Waals surface area contributed by atoms with Crippen LogP contribution in [0.4, 0.5) is 0 Å². The van der Waals surface area contributed by atoms with Crippen molar-refractivity contribution in [3.05, 3.63) is 66.4 Å². The third-order valence-electron chi connectivity index (χ3n) is 2.95. The maximum absolute atomic E-state index is 5.92. The van der Waals surface area contributed by atoms with Gasteiger partial charge in [0.15, 0.2) is 0 Å². The molecule has 0 saturated carbocycles. The van der Waals surface area contributed by atoms with Crippen molar-refractivity contribution in [3.8, 4) is 11.6 Å². The van der Waals surface area contributed by atoms with Gasteiger partial charge in [-0.25, -0.2) is 4.98 Å². The van der Waals surface area contributed by atoms with Crippen LogP contribution in [0.2, 0.25) is 0 Å². The Kier molecular flexibility index (Phi) is 3.34. The van der Waals surface area contributed by atoms with E-state index in [1.165, 1.54) is 0 Å². The van der Waals surface area contributed by atoms with E-state index in [9.17, 15) is 0 Å². The minimum atomic E-state index is 0.383. The van der Waals surface area contributed by atoms with E-state index in [0.29, 0.717) is 11.8 Å². The van der Waals surface area contributed by atoms with Gasteiger partial charge in [-0.1, -0.05) is 42.5 Å². The fourth-order valence-corrected chi connectivity index (χ4v) is 2.21. The molecular weight excluding hydrogens is 258 g/mol. The highest BCUT2D eigenvalue weighted by molar-refractivity contribution is 6.17. The van der Waals surface area contributed by atoms with Gasteiger partial charge in [0.1, 0.15) is 5.75 Å². The molecule has 2 aromatic carbocycles. The lowest BCUT2D eigenvalue weighted by Gasteiger charge is -2.10. The van der Waals surface area contributed by atoms with Crippen LogP contribution in [0.15, 0.2) is 60.8 Å². The highest BCUT2D eigenvalue weighted by Gasteiger charge is 2.07. The van der Waals surface area contributed by atoms with Gasteiger partial charge in [-0.3, -0.25) is 0 Å². The molecule has 0 atom stereocenters. The average molecular weight is 270 g/mol. The standard InChI is InChI=1S/C16H12ClNO/c17-11-13-7-4-10-18-16(13)19-15-9-3-6-12-5-1-2-8-14(12)15/h1-10H,11H2. The number of fused-ring (bicyclic) bond motifs is 1. The molecule has 3 heteroatoms. The van der Waals surface area contributed by atoms with Crippen molar-refractivity contribution in [2.45, 2.75) is 5.88 Å². The van der Waals surface area contributed by atoms with E-state index in [1.807, 2.05) is 42.5 Å². The number of halogens is 1. The highest BCUT2D eigenvalue weighted by Crippen LogP contribution is 2.30. The van der Waals surface area contributed by atoms with Crippen LogP contribution in [0.5, 0.6) is 11.6 Å². The van der Waals surface area contributed by atoms with E-state index in [4.69, 9.17) is 16.3 Å². The molecule has 0 spiro atoms. The second kappa shape index (κ2) is 5.29. The number of benzene rings is 2. The van der Waals surface area contributed by atoms with Crippen LogP contribution in [0.1, 0.15) is 5.56 Å². The van der Waals surface area contributed by atoms with Crippen LogP contribution in [0, 0.1) is 0 Å². The molecule has 1 heterocycles. The number of nitrogens with zero attached hydrogens (tertiary/aromatic N) is 1. The number of alkyl halides is 1. The first-order valence-electron chi connectivity index (χ1n) is 6.04. The molecule has 3 aromatic rings. The molecule has 0 saturated heterocycles. The van der Waals surface area contributed by atoms with Crippen LogP contribution in [-0.2, 0) is 5.88 Å². The second-order valence-corrected chi connectivity index (χ2v) is 4.45. The SMILES string of the molecule is ClCc1cccnc1Oc1cccc2ccccc12. The summed E-state index contributed by atoms with van der Waals surface area (Å²) < 4.78 is 5.92. The molecule has 0 amide bonds. The molecule has 0 radical (unpaired) electrons. The zero-order valence-electron chi connectivity index (χ0n) is 10.2. The highest BCUT2D eigenvalue weighted by atomic mass is 35.5. The first-order valence-corrected chi connectivity index (χ1v) is 6.57. The van der Waals surface area contributed by atoms with E-state index in [1.54, 1.807) is 6.20 Å². The first-order chi connectivity index (χ1) is 9.38. The van der Waals surface area contributed by atoms with Gasteiger partial charge in [0.2, 0.25) is 5.88 Å². The Morgan fingerprint density at radius 1 is 0.947 bits per heavy atom. The van der Waals surface area contributed by atoms with Gasteiger partial charge in [-0.2, -0.15) is 0 Å². The number of rotatable bonds is 3. The summed E-state index contributed by atoms with van der Waals surface area (Å²) in [5.74, 6) is 1.74. The number of pyridine rings is 1. The van der Waals surface area contributed by atoms with Crippen LogP contribution in [-0.4, -0.2) is 4.98 Å². The predicted octanol–water partition coefficient (Wildman–Crippen LogP) is 4.77. The van der Waals surface area contributed by atoms with Gasteiger partial charge in [0.05, 0.1) is 5.88 Å². The van der Waals surface area contributed by atoms with Gasteiger partial charge >= 0.3 is 0 Å². The quantitative estimate of drug-likeness (QED) is 0.639. The summed E-state index contributed by atoms with van der Waals surface area (Å²) in [6.45, 7) is 0. The zero-order valence-corrected chi connectivity index (χ0v) is 11.0. The molecule has 0 aliphatic carbocycles. The maximum Gasteiger partial charge on any atom is 0.223 e. The van der Waals surface area contributed by atoms with Gasteiger partial charge in [0.25, 0.3) is 0 Å². The predicted molar refractivity (Wildman–Crippen MR) is 77.8 cm³/mol. The lowest BCUT2D eigenvalue weighted by Crippen LogP contribution is -1.93. The molecule has 0 fully saturated rings. The first kappa shape index (κ1) is 12.0. The fraction of sp³-hybridized carbons (Fsp3) is 0.0625. The minimum Gasteiger partial charge on any atom is -0.438 e. The van der Waals surface area contributed by atoms with Gasteiger partial charge < -0.3 is 4.74 Å². The summed E-state index contributed by atoms with van der Waals surface area (Å²) in [6.07, 6.45) is 1.70. The third-order valence-corrected chi connectivity index (χ3v) is 3.24. The lowest BCUT2D eigenvalue weighted by molar-refractivity contribution is 0.463. The van der Waals surface area contributed by atoms with E-state index >= 15 is 0 Å². The zero-order chi connectivity index (χ0) is 13.1. The van der Waals surface area contributed by atoms with E-state index in [0.717, 1.165) is 22.1 Å². The Balaban J connectivity index is 2.06. The molecule has 0 aliphatic rings. The molecule has 0 aliphatic heterocycles. The lowest BCUT2D eigenvalue weighted by atomic mass is 10.1. The van der Waals surface area contributed by atoms with Crippen LogP contribution >= 0.6 is 11.6 Å². The Morgan fingerprint density at radius 3 is 2.68 bits per heavy atom. The monoisotopic (exact) mass is 269 g/mol. The fourth-order valence-electron chi connectivity index (χ4n) is 2.01. The molecular formula is C16H12ClNO. The van der Waals surface area contributed by atoms with E-state index in [2.05, 4.69) is 17.1 Å². The number of hydrogen-bond donors (Lipinski definition) is 0. The Labute approximate surface area is 116 Å². The third kappa shape index (κ3) is 2.40. The summed E-state index contributed by atoms with van der Waals surface area (Å²) in [7, 11) is 0. The van der Waals surface area contributed by atoms with Crippen molar-refractivity contribution < 1.29 is 4.74 Å². The van der Waals surface area contributed by atoms with Crippen LogP contribution in [0.25, 0.3) is 10.8 Å². The smallest absolute Gasteiger partial charge is 0.223 e. The minimum absolute atomic E-state index is 0.383. The van der Waals surface area contributed by atoms with Crippen molar-refractivity contribution in [1.82, 2.24) is 4.98 Å². The van der Waals surface area contributed by atoms with Gasteiger partial charge in [-0.05, 0) is 17.5 Å². The molecule has 2 nitrogen and oxygen atoms in total. The molecule has 3 rings (SSSR count). The number of aromatic nitrogens is 1. The van der Waals surface area contributed by atoms with Crippen molar-refractivity contribution in [1.29, 1.82) is 0 Å². The van der Waals surface area contributed by atoms with Crippen molar-refractivity contribution >= 4 is 22.4 Å². The van der Waals surface area contributed by atoms with Crippen molar-refractivity contribution in [2.24, 2.45) is 0 Å². The Morgan fingerprint density at radius 2 is 1.79 bits per heavy atom. The Hall–Kier alpha value is -2.06. The van der Waals surface area contributed by atoms with Crippen LogP contribution < -0.4 is 4.74 Å². The number of ether oxygens (including phenoxy) is 1. The molecule has 0 bridgehead atoms. The van der Waals surface area contributed by atoms with Gasteiger partial charge in [-0.15, -0.1) is 11.6 Å². The van der Waals surface area contributed by atoms with Crippen molar-refractivity contribution in [2.75, 3.05) is 0 Å². The summed E-state index contributed by atoms with van der Waals surface area (Å²) in [5, 5.41) is 2.21. The van der Waals surface area contributed by atoms with E-state index in [-0.39, 0.29) is 0 Å². The normalized spacial score (nSPS) is 10.6. The molecule has 19 heavy (non-hydrogen) atoms. The molecule has 0 unspecified atom stereocenters. The second-order valence-electron chi connectivity index (χ2n) is 4.18. The molecule has 94 valence electrons. The maximum atomic E-state index is 5.92. The summed E-state index contributed by atoms with van der Waals surface area (Å²) in [6, 6.07) is 17.8. The average Bonchev–Trinajstić information content (AvgIpc) is 2.48. The molecule has 1 aromatic heterocycles. The van der Waals surface area contributed by atoms with E-state index < -0.39 is 0 Å². The Bertz CT molecular complexity index is 706. The summed E-state index contributed by atoms with van der Waals surface area (Å²) >= 11 is 5.90.